The second-order valence-corrected chi connectivity index (χ2v) is 8.01. The van der Waals surface area contributed by atoms with Crippen LogP contribution in [0.2, 0.25) is 0 Å². The smallest absolute Gasteiger partial charge is 0.266 e. The first-order valence-electron chi connectivity index (χ1n) is 8.52. The third kappa shape index (κ3) is 2.80. The SMILES string of the molecule is COc1cc(Br)c(Br)c(Cn2c(=O)c3c(=O)c4[nH]cc[nH]c4c(=O)c3c2=O)c1OC. The molecule has 2 aromatic carbocycles. The molecule has 0 unspecified atom stereocenters. The van der Waals surface area contributed by atoms with Gasteiger partial charge in [0.1, 0.15) is 21.8 Å². The second-order valence-electron chi connectivity index (χ2n) is 6.36. The van der Waals surface area contributed by atoms with Gasteiger partial charge in [-0.3, -0.25) is 23.7 Å². The highest BCUT2D eigenvalue weighted by Gasteiger charge is 2.25. The quantitative estimate of drug-likeness (QED) is 0.409. The van der Waals surface area contributed by atoms with Gasteiger partial charge >= 0.3 is 0 Å². The summed E-state index contributed by atoms with van der Waals surface area (Å²) < 4.78 is 12.7. The van der Waals surface area contributed by atoms with Crippen molar-refractivity contribution in [3.63, 3.8) is 0 Å². The summed E-state index contributed by atoms with van der Waals surface area (Å²) >= 11 is 6.80. The molecule has 0 atom stereocenters. The maximum Gasteiger partial charge on any atom is 0.266 e. The molecule has 0 aliphatic carbocycles. The van der Waals surface area contributed by atoms with Gasteiger partial charge in [-0.25, -0.2) is 0 Å². The van der Waals surface area contributed by atoms with Crippen LogP contribution in [0.4, 0.5) is 0 Å². The molecule has 9 nitrogen and oxygen atoms in total. The van der Waals surface area contributed by atoms with Crippen molar-refractivity contribution >= 4 is 53.7 Å². The van der Waals surface area contributed by atoms with Gasteiger partial charge in [0.2, 0.25) is 10.9 Å². The number of aromatic amines is 2. The standard InChI is InChI=1S/C19H13Br2N3O6/c1-29-9-5-8(20)12(21)7(17(9)30-2)6-24-18(27)10-11(19(24)28)16(26)14-13(15(10)25)22-3-4-23-14/h3-5,22-23H,6H2,1-2H3. The van der Waals surface area contributed by atoms with Crippen LogP contribution >= 0.6 is 31.9 Å². The minimum absolute atomic E-state index is 0.0628. The number of nitrogens with one attached hydrogen (secondary N) is 2. The minimum atomic E-state index is -0.843. The Hall–Kier alpha value is -2.92. The maximum absolute atomic E-state index is 13.0. The number of nitrogens with zero attached hydrogens (tertiary/aromatic N) is 1. The first kappa shape index (κ1) is 20.4. The van der Waals surface area contributed by atoms with E-state index in [1.807, 2.05) is 0 Å². The average molecular weight is 539 g/mol. The van der Waals surface area contributed by atoms with E-state index in [0.29, 0.717) is 26.0 Å². The number of rotatable bonds is 4. The van der Waals surface area contributed by atoms with Crippen LogP contribution < -0.4 is 31.4 Å². The van der Waals surface area contributed by atoms with E-state index in [1.165, 1.54) is 26.6 Å². The fourth-order valence-corrected chi connectivity index (χ4v) is 4.32. The lowest BCUT2D eigenvalue weighted by Crippen LogP contribution is -2.27. The van der Waals surface area contributed by atoms with Gasteiger partial charge in [-0.05, 0) is 37.9 Å². The molecule has 0 fully saturated rings. The van der Waals surface area contributed by atoms with Crippen molar-refractivity contribution in [3.8, 4) is 11.5 Å². The van der Waals surface area contributed by atoms with Crippen LogP contribution in [0, 0.1) is 0 Å². The molecule has 2 heterocycles. The van der Waals surface area contributed by atoms with E-state index in [1.54, 1.807) is 6.07 Å². The van der Waals surface area contributed by atoms with Crippen molar-refractivity contribution in [3.05, 3.63) is 74.1 Å². The van der Waals surface area contributed by atoms with Gasteiger partial charge in [-0.15, -0.1) is 0 Å². The van der Waals surface area contributed by atoms with Crippen molar-refractivity contribution < 1.29 is 9.47 Å². The van der Waals surface area contributed by atoms with Gasteiger partial charge in [-0.1, -0.05) is 0 Å². The van der Waals surface area contributed by atoms with Crippen LogP contribution in [0.25, 0.3) is 21.8 Å². The number of methoxy groups -OCH3 is 2. The Balaban J connectivity index is 2.09. The van der Waals surface area contributed by atoms with E-state index in [4.69, 9.17) is 9.47 Å². The molecule has 2 aromatic heterocycles. The number of halogens is 2. The largest absolute Gasteiger partial charge is 0.493 e. The molecule has 2 N–H and O–H groups in total. The van der Waals surface area contributed by atoms with Crippen molar-refractivity contribution in [1.82, 2.24) is 14.5 Å². The lowest BCUT2D eigenvalue weighted by molar-refractivity contribution is 0.350. The third-order valence-corrected chi connectivity index (χ3v) is 6.90. The molecule has 4 rings (SSSR count). The molecule has 0 aliphatic rings. The highest BCUT2D eigenvalue weighted by atomic mass is 79.9. The summed E-state index contributed by atoms with van der Waals surface area (Å²) in [5.74, 6) is 0.684. The summed E-state index contributed by atoms with van der Waals surface area (Å²) in [4.78, 5) is 57.0. The predicted molar refractivity (Wildman–Crippen MR) is 118 cm³/mol. The first-order valence-corrected chi connectivity index (χ1v) is 10.1. The van der Waals surface area contributed by atoms with Gasteiger partial charge in [0.05, 0.1) is 20.8 Å². The van der Waals surface area contributed by atoms with E-state index in [0.717, 1.165) is 4.57 Å². The monoisotopic (exact) mass is 537 g/mol. The van der Waals surface area contributed by atoms with Crippen molar-refractivity contribution in [2.75, 3.05) is 14.2 Å². The number of hydrogen-bond acceptors (Lipinski definition) is 6. The highest BCUT2D eigenvalue weighted by Crippen LogP contribution is 2.41. The highest BCUT2D eigenvalue weighted by molar-refractivity contribution is 9.13. The van der Waals surface area contributed by atoms with E-state index in [9.17, 15) is 19.2 Å². The number of fused-ring (bicyclic) bond motifs is 2. The van der Waals surface area contributed by atoms with Gasteiger partial charge in [0.25, 0.3) is 11.1 Å². The Kier molecular flexibility index (Phi) is 5.02. The molecule has 0 aliphatic heterocycles. The lowest BCUT2D eigenvalue weighted by Gasteiger charge is -2.16. The molecule has 0 saturated heterocycles. The molecule has 0 radical (unpaired) electrons. The molecule has 154 valence electrons. The zero-order chi connectivity index (χ0) is 21.7. The predicted octanol–water partition coefficient (Wildman–Crippen LogP) is 1.92. The van der Waals surface area contributed by atoms with Gasteiger partial charge < -0.3 is 19.4 Å². The Bertz CT molecular complexity index is 1470. The molecule has 11 heteroatoms. The van der Waals surface area contributed by atoms with Crippen LogP contribution in [0.15, 0.2) is 46.6 Å². The molecule has 0 saturated carbocycles. The van der Waals surface area contributed by atoms with Crippen LogP contribution in [0.5, 0.6) is 11.5 Å². The van der Waals surface area contributed by atoms with E-state index in [2.05, 4.69) is 41.8 Å². The van der Waals surface area contributed by atoms with Gasteiger partial charge in [-0.2, -0.15) is 0 Å². The Morgan fingerprint density at radius 2 is 1.43 bits per heavy atom. The molecule has 0 amide bonds. The van der Waals surface area contributed by atoms with Crippen LogP contribution in [0.1, 0.15) is 5.56 Å². The number of aromatic nitrogens is 3. The normalized spacial score (nSPS) is 11.3. The summed E-state index contributed by atoms with van der Waals surface area (Å²) in [6, 6.07) is 1.67. The number of hydrogen-bond donors (Lipinski definition) is 2. The maximum atomic E-state index is 13.0. The van der Waals surface area contributed by atoms with Crippen LogP contribution in [-0.4, -0.2) is 28.8 Å². The molecule has 0 spiro atoms. The zero-order valence-corrected chi connectivity index (χ0v) is 18.8. The fraction of sp³-hybridized carbons (Fsp3) is 0.158. The number of ether oxygens (including phenoxy) is 2. The molecule has 0 bridgehead atoms. The lowest BCUT2D eigenvalue weighted by atomic mass is 10.1. The van der Waals surface area contributed by atoms with E-state index < -0.39 is 32.7 Å². The Morgan fingerprint density at radius 3 is 1.90 bits per heavy atom. The van der Waals surface area contributed by atoms with Crippen molar-refractivity contribution in [1.29, 1.82) is 0 Å². The summed E-state index contributed by atoms with van der Waals surface area (Å²) in [7, 11) is 2.88. The average Bonchev–Trinajstić information content (AvgIpc) is 3.00. The topological polar surface area (TPSA) is 123 Å². The molecule has 4 aromatic rings. The van der Waals surface area contributed by atoms with E-state index in [-0.39, 0.29) is 17.6 Å². The van der Waals surface area contributed by atoms with E-state index >= 15 is 0 Å². The first-order chi connectivity index (χ1) is 14.3. The van der Waals surface area contributed by atoms with Crippen LogP contribution in [0.3, 0.4) is 0 Å². The van der Waals surface area contributed by atoms with Gasteiger partial charge in [0, 0.05) is 26.9 Å². The molecule has 30 heavy (non-hydrogen) atoms. The fourth-order valence-electron chi connectivity index (χ4n) is 3.45. The number of H-pyrrole nitrogens is 2. The van der Waals surface area contributed by atoms with Crippen molar-refractivity contribution in [2.45, 2.75) is 6.54 Å². The van der Waals surface area contributed by atoms with Crippen LogP contribution in [-0.2, 0) is 6.54 Å². The summed E-state index contributed by atoms with van der Waals surface area (Å²) in [5, 5.41) is -0.879. The molecular weight excluding hydrogens is 526 g/mol. The molecular formula is C19H13Br2N3O6. The zero-order valence-electron chi connectivity index (χ0n) is 15.6. The second kappa shape index (κ2) is 7.40. The Morgan fingerprint density at radius 1 is 0.900 bits per heavy atom. The van der Waals surface area contributed by atoms with Crippen molar-refractivity contribution in [2.24, 2.45) is 0 Å². The summed E-state index contributed by atoms with van der Waals surface area (Å²) in [6.07, 6.45) is 2.84. The van der Waals surface area contributed by atoms with Gasteiger partial charge in [0.15, 0.2) is 11.5 Å². The third-order valence-electron chi connectivity index (χ3n) is 4.84. The summed E-state index contributed by atoms with van der Waals surface area (Å²) in [5.41, 5.74) is -2.81. The number of benzene rings is 2. The summed E-state index contributed by atoms with van der Waals surface area (Å²) in [6.45, 7) is -0.242. The minimum Gasteiger partial charge on any atom is -0.493 e. The Labute approximate surface area is 183 Å².